The van der Waals surface area contributed by atoms with Gasteiger partial charge < -0.3 is 15.8 Å². The average Bonchev–Trinajstić information content (AvgIpc) is 2.53. The highest BCUT2D eigenvalue weighted by Gasteiger charge is 2.29. The van der Waals surface area contributed by atoms with Gasteiger partial charge in [0.15, 0.2) is 9.84 Å². The minimum absolute atomic E-state index is 0.0633. The van der Waals surface area contributed by atoms with Crippen LogP contribution >= 0.6 is 0 Å². The molecular weight excluding hydrogens is 340 g/mol. The molecule has 1 amide bonds. The summed E-state index contributed by atoms with van der Waals surface area (Å²) in [6.07, 6.45) is 1.55. The summed E-state index contributed by atoms with van der Waals surface area (Å²) in [5.74, 6) is -0.201. The summed E-state index contributed by atoms with van der Waals surface area (Å²) >= 11 is 0. The van der Waals surface area contributed by atoms with Gasteiger partial charge in [-0.25, -0.2) is 8.42 Å². The van der Waals surface area contributed by atoms with Gasteiger partial charge in [0.1, 0.15) is 0 Å². The zero-order chi connectivity index (χ0) is 18.7. The van der Waals surface area contributed by atoms with E-state index in [0.29, 0.717) is 24.5 Å². The second kappa shape index (κ2) is 7.85. The lowest BCUT2D eigenvalue weighted by Crippen LogP contribution is -2.44. The Kier molecular flexibility index (Phi) is 6.24. The number of hydrogen-bond donors (Lipinski definition) is 2. The number of ether oxygens (including phenoxy) is 1. The van der Waals surface area contributed by atoms with Crippen LogP contribution < -0.4 is 11.1 Å². The third-order valence-electron chi connectivity index (χ3n) is 4.56. The molecule has 0 aromatic heterocycles. The molecule has 7 heteroatoms. The van der Waals surface area contributed by atoms with E-state index in [4.69, 9.17) is 10.5 Å². The van der Waals surface area contributed by atoms with Crippen molar-refractivity contribution in [3.05, 3.63) is 29.8 Å². The molecule has 1 atom stereocenters. The lowest BCUT2D eigenvalue weighted by Gasteiger charge is -2.26. The number of nitrogens with two attached hydrogens (primary N) is 1. The molecule has 1 aromatic rings. The van der Waals surface area contributed by atoms with Crippen molar-refractivity contribution in [3.63, 3.8) is 0 Å². The molecular formula is C18H28N2O4S. The lowest BCUT2D eigenvalue weighted by molar-refractivity contribution is -0.119. The second-order valence-electron chi connectivity index (χ2n) is 7.54. The maximum absolute atomic E-state index is 12.4. The van der Waals surface area contributed by atoms with Crippen LogP contribution in [0.4, 0.5) is 5.69 Å². The van der Waals surface area contributed by atoms with Crippen molar-refractivity contribution in [2.24, 2.45) is 11.7 Å². The second-order valence-corrected chi connectivity index (χ2v) is 10.3. The van der Waals surface area contributed by atoms with E-state index in [-0.39, 0.29) is 17.6 Å². The van der Waals surface area contributed by atoms with E-state index >= 15 is 0 Å². The van der Waals surface area contributed by atoms with Crippen LogP contribution in [0.25, 0.3) is 0 Å². The summed E-state index contributed by atoms with van der Waals surface area (Å²) in [7, 11) is -3.28. The molecule has 1 aromatic carbocycles. The number of amides is 1. The third kappa shape index (κ3) is 5.26. The normalized spacial score (nSPS) is 17.9. The minimum Gasteiger partial charge on any atom is -0.381 e. The molecule has 0 spiro atoms. The van der Waals surface area contributed by atoms with Crippen molar-refractivity contribution >= 4 is 21.4 Å². The van der Waals surface area contributed by atoms with Gasteiger partial charge in [0.25, 0.3) is 0 Å². The van der Waals surface area contributed by atoms with Crippen LogP contribution in [0.5, 0.6) is 0 Å². The van der Waals surface area contributed by atoms with E-state index in [2.05, 4.69) is 5.32 Å². The molecule has 140 valence electrons. The van der Waals surface area contributed by atoms with Crippen LogP contribution in [0.15, 0.2) is 24.3 Å². The number of rotatable bonds is 5. The Hall–Kier alpha value is -1.44. The van der Waals surface area contributed by atoms with Gasteiger partial charge in [-0.2, -0.15) is 0 Å². The monoisotopic (exact) mass is 368 g/mol. The topological polar surface area (TPSA) is 98.5 Å². The quantitative estimate of drug-likeness (QED) is 0.829. The maximum atomic E-state index is 12.4. The molecule has 0 saturated carbocycles. The fraction of sp³-hybridized carbons (Fsp3) is 0.611. The highest BCUT2D eigenvalue weighted by Crippen LogP contribution is 2.23. The van der Waals surface area contributed by atoms with Gasteiger partial charge in [-0.1, -0.05) is 12.1 Å². The Bertz CT molecular complexity index is 704. The van der Waals surface area contributed by atoms with Crippen molar-refractivity contribution in [1.29, 1.82) is 0 Å². The van der Waals surface area contributed by atoms with E-state index in [0.717, 1.165) is 12.8 Å². The standard InChI is InChI=1S/C18H28N2O4S/c1-18(2,3)25(22,23)12-13-5-4-6-15(11-13)20-17(21)16(19)14-7-9-24-10-8-14/h4-6,11,14,16H,7-10,12,19H2,1-3H3,(H,20,21). The van der Waals surface area contributed by atoms with Crippen molar-refractivity contribution in [1.82, 2.24) is 0 Å². The lowest BCUT2D eigenvalue weighted by atomic mass is 9.92. The molecule has 0 aliphatic carbocycles. The fourth-order valence-electron chi connectivity index (χ4n) is 2.69. The Morgan fingerprint density at radius 3 is 2.56 bits per heavy atom. The van der Waals surface area contributed by atoms with Crippen LogP contribution in [0, 0.1) is 5.92 Å². The molecule has 3 N–H and O–H groups in total. The molecule has 25 heavy (non-hydrogen) atoms. The first-order valence-corrected chi connectivity index (χ1v) is 10.2. The Morgan fingerprint density at radius 1 is 1.32 bits per heavy atom. The molecule has 1 aliphatic heterocycles. The molecule has 1 heterocycles. The Labute approximate surface area is 150 Å². The molecule has 1 fully saturated rings. The van der Waals surface area contributed by atoms with Crippen molar-refractivity contribution < 1.29 is 17.9 Å². The number of carbonyl (C=O) groups excluding carboxylic acids is 1. The van der Waals surface area contributed by atoms with Crippen LogP contribution in [-0.2, 0) is 25.1 Å². The molecule has 1 saturated heterocycles. The molecule has 0 radical (unpaired) electrons. The zero-order valence-corrected chi connectivity index (χ0v) is 15.9. The van der Waals surface area contributed by atoms with Gasteiger partial charge in [-0.15, -0.1) is 0 Å². The number of carbonyl (C=O) groups is 1. The zero-order valence-electron chi connectivity index (χ0n) is 15.1. The summed E-state index contributed by atoms with van der Waals surface area (Å²) in [5.41, 5.74) is 7.28. The van der Waals surface area contributed by atoms with Crippen molar-refractivity contribution in [2.45, 2.75) is 50.2 Å². The van der Waals surface area contributed by atoms with Gasteiger partial charge in [-0.05, 0) is 57.2 Å². The van der Waals surface area contributed by atoms with Gasteiger partial charge in [0.2, 0.25) is 5.91 Å². The number of sulfone groups is 1. The van der Waals surface area contributed by atoms with Crippen molar-refractivity contribution in [3.8, 4) is 0 Å². The van der Waals surface area contributed by atoms with Gasteiger partial charge in [-0.3, -0.25) is 4.79 Å². The van der Waals surface area contributed by atoms with Gasteiger partial charge >= 0.3 is 0 Å². The fourth-order valence-corrected chi connectivity index (χ4v) is 3.74. The third-order valence-corrected chi connectivity index (χ3v) is 7.14. The summed E-state index contributed by atoms with van der Waals surface area (Å²) in [6.45, 7) is 6.31. The molecule has 1 unspecified atom stereocenters. The van der Waals surface area contributed by atoms with E-state index in [1.807, 2.05) is 0 Å². The van der Waals surface area contributed by atoms with Crippen LogP contribution in [0.2, 0.25) is 0 Å². The highest BCUT2D eigenvalue weighted by atomic mass is 32.2. The average molecular weight is 368 g/mol. The van der Waals surface area contributed by atoms with E-state index in [1.54, 1.807) is 45.0 Å². The van der Waals surface area contributed by atoms with Crippen molar-refractivity contribution in [2.75, 3.05) is 18.5 Å². The van der Waals surface area contributed by atoms with Gasteiger partial charge in [0, 0.05) is 18.9 Å². The smallest absolute Gasteiger partial charge is 0.241 e. The van der Waals surface area contributed by atoms with Crippen LogP contribution in [-0.4, -0.2) is 38.3 Å². The predicted octanol–water partition coefficient (Wildman–Crippen LogP) is 2.09. The highest BCUT2D eigenvalue weighted by molar-refractivity contribution is 7.91. The first kappa shape index (κ1) is 19.9. The summed E-state index contributed by atoms with van der Waals surface area (Å²) < 4.78 is 29.2. The predicted molar refractivity (Wildman–Crippen MR) is 99.0 cm³/mol. The SMILES string of the molecule is CC(C)(C)S(=O)(=O)Cc1cccc(NC(=O)C(N)C2CCOCC2)c1. The molecule has 2 rings (SSSR count). The summed E-state index contributed by atoms with van der Waals surface area (Å²) in [4.78, 5) is 12.4. The maximum Gasteiger partial charge on any atom is 0.241 e. The Balaban J connectivity index is 2.05. The van der Waals surface area contributed by atoms with E-state index in [9.17, 15) is 13.2 Å². The minimum atomic E-state index is -3.28. The summed E-state index contributed by atoms with van der Waals surface area (Å²) in [6, 6.07) is 6.33. The first-order chi connectivity index (χ1) is 11.6. The number of benzene rings is 1. The Morgan fingerprint density at radius 2 is 1.96 bits per heavy atom. The number of hydrogen-bond acceptors (Lipinski definition) is 5. The molecule has 0 bridgehead atoms. The van der Waals surface area contributed by atoms with E-state index < -0.39 is 20.6 Å². The first-order valence-electron chi connectivity index (χ1n) is 8.55. The van der Waals surface area contributed by atoms with Gasteiger partial charge in [0.05, 0.1) is 16.5 Å². The summed E-state index contributed by atoms with van der Waals surface area (Å²) in [5, 5.41) is 2.80. The number of nitrogens with one attached hydrogen (secondary N) is 1. The number of anilines is 1. The van der Waals surface area contributed by atoms with Crippen LogP contribution in [0.1, 0.15) is 39.2 Å². The molecule has 6 nitrogen and oxygen atoms in total. The van der Waals surface area contributed by atoms with E-state index in [1.165, 1.54) is 0 Å². The largest absolute Gasteiger partial charge is 0.381 e. The molecule has 1 aliphatic rings. The van der Waals surface area contributed by atoms with Crippen LogP contribution in [0.3, 0.4) is 0 Å².